The molecular weight excluding hydrogens is 479 g/mol. The molecule has 5 rings (SSSR count). The van der Waals surface area contributed by atoms with E-state index < -0.39 is 24.0 Å². The number of nitrogen functional groups attached to an aromatic ring is 1. The maximum Gasteiger partial charge on any atom is 0.406 e. The Labute approximate surface area is 200 Å². The van der Waals surface area contributed by atoms with E-state index in [1.165, 1.54) is 12.5 Å². The van der Waals surface area contributed by atoms with Crippen molar-refractivity contribution in [2.24, 2.45) is 0 Å². The molecule has 0 atom stereocenters. The molecular formula is C23H18F3N7O3. The zero-order chi connectivity index (χ0) is 25.6. The summed E-state index contributed by atoms with van der Waals surface area (Å²) in [4.78, 5) is 33.9. The monoisotopic (exact) mass is 497 g/mol. The fourth-order valence-corrected chi connectivity index (χ4v) is 3.89. The van der Waals surface area contributed by atoms with E-state index in [1.807, 2.05) is 0 Å². The van der Waals surface area contributed by atoms with Crippen molar-refractivity contribution in [1.82, 2.24) is 28.7 Å². The molecule has 5 aromatic rings. The van der Waals surface area contributed by atoms with E-state index in [9.17, 15) is 22.8 Å². The summed E-state index contributed by atoms with van der Waals surface area (Å²) in [5.41, 5.74) is 6.54. The standard InChI is InChI=1S/C23H18F3N7O3/c1-13-16(28-12-36-13)10-32-22(35)33-20(30-32)18(19(29-21(33)27)14-5-3-2-4-6-14)15-7-8-17(34)31(9-15)11-23(24,25)26/h2-9,12H,10-11H2,1H3,(H2,27,29). The number of pyridine rings is 1. The van der Waals surface area contributed by atoms with Gasteiger partial charge in [-0.05, 0) is 13.0 Å². The highest BCUT2D eigenvalue weighted by Crippen LogP contribution is 2.34. The zero-order valence-corrected chi connectivity index (χ0v) is 18.7. The number of hydrogen-bond donors (Lipinski definition) is 1. The van der Waals surface area contributed by atoms with Gasteiger partial charge in [-0.3, -0.25) is 4.79 Å². The number of nitrogens with two attached hydrogens (primary N) is 1. The Balaban J connectivity index is 1.81. The van der Waals surface area contributed by atoms with Crippen molar-refractivity contribution >= 4 is 11.6 Å². The topological polar surface area (TPSA) is 126 Å². The Bertz CT molecular complexity index is 1700. The summed E-state index contributed by atoms with van der Waals surface area (Å²) in [5.74, 6) is 0.332. The van der Waals surface area contributed by atoms with Crippen molar-refractivity contribution in [3.8, 4) is 22.4 Å². The van der Waals surface area contributed by atoms with Gasteiger partial charge in [-0.25, -0.2) is 23.8 Å². The molecule has 0 unspecified atom stereocenters. The number of nitrogens with zero attached hydrogens (tertiary/aromatic N) is 6. The minimum absolute atomic E-state index is 0.0318. The number of rotatable bonds is 5. The average molecular weight is 497 g/mol. The van der Waals surface area contributed by atoms with Crippen molar-refractivity contribution < 1.29 is 17.6 Å². The second-order valence-corrected chi connectivity index (χ2v) is 8.01. The molecule has 2 N–H and O–H groups in total. The van der Waals surface area contributed by atoms with E-state index in [4.69, 9.17) is 10.2 Å². The molecule has 36 heavy (non-hydrogen) atoms. The second-order valence-electron chi connectivity index (χ2n) is 8.01. The fourth-order valence-electron chi connectivity index (χ4n) is 3.89. The van der Waals surface area contributed by atoms with Crippen LogP contribution in [0.25, 0.3) is 28.0 Å². The highest BCUT2D eigenvalue weighted by molar-refractivity contribution is 5.90. The van der Waals surface area contributed by atoms with Crippen LogP contribution in [-0.2, 0) is 13.1 Å². The van der Waals surface area contributed by atoms with E-state index in [0.717, 1.165) is 21.3 Å². The van der Waals surface area contributed by atoms with Crippen LogP contribution >= 0.6 is 0 Å². The molecule has 0 aliphatic rings. The van der Waals surface area contributed by atoms with Crippen LogP contribution in [0.3, 0.4) is 0 Å². The maximum absolute atomic E-state index is 13.2. The van der Waals surface area contributed by atoms with Crippen LogP contribution in [-0.4, -0.2) is 34.9 Å². The van der Waals surface area contributed by atoms with Crippen LogP contribution in [0.15, 0.2) is 69.1 Å². The van der Waals surface area contributed by atoms with Gasteiger partial charge < -0.3 is 14.7 Å². The SMILES string of the molecule is Cc1ocnc1Cn1nc2c(-c3ccc(=O)n(CC(F)(F)F)c3)c(-c3ccccc3)nc(N)n2c1=O. The van der Waals surface area contributed by atoms with Crippen molar-refractivity contribution in [3.05, 3.63) is 87.3 Å². The predicted octanol–water partition coefficient (Wildman–Crippen LogP) is 2.88. The Hall–Kier alpha value is -4.68. The summed E-state index contributed by atoms with van der Waals surface area (Å²) < 4.78 is 47.2. The lowest BCUT2D eigenvalue weighted by atomic mass is 10.0. The Kier molecular flexibility index (Phi) is 5.46. The van der Waals surface area contributed by atoms with Gasteiger partial charge >= 0.3 is 11.9 Å². The van der Waals surface area contributed by atoms with E-state index in [1.54, 1.807) is 37.3 Å². The van der Waals surface area contributed by atoms with Gasteiger partial charge in [0.2, 0.25) is 5.95 Å². The molecule has 184 valence electrons. The fraction of sp³-hybridized carbons (Fsp3) is 0.174. The summed E-state index contributed by atoms with van der Waals surface area (Å²) in [6, 6.07) is 11.2. The molecule has 13 heteroatoms. The van der Waals surface area contributed by atoms with Gasteiger partial charge in [-0.1, -0.05) is 30.3 Å². The number of anilines is 1. The molecule has 0 amide bonds. The van der Waals surface area contributed by atoms with Gasteiger partial charge in [-0.2, -0.15) is 13.2 Å². The van der Waals surface area contributed by atoms with Gasteiger partial charge in [0.15, 0.2) is 12.0 Å². The molecule has 4 heterocycles. The highest BCUT2D eigenvalue weighted by atomic mass is 19.4. The van der Waals surface area contributed by atoms with E-state index in [2.05, 4.69) is 15.1 Å². The summed E-state index contributed by atoms with van der Waals surface area (Å²) >= 11 is 0. The molecule has 4 aromatic heterocycles. The number of aryl methyl sites for hydroxylation is 1. The predicted molar refractivity (Wildman–Crippen MR) is 123 cm³/mol. The summed E-state index contributed by atoms with van der Waals surface area (Å²) in [7, 11) is 0. The highest BCUT2D eigenvalue weighted by Gasteiger charge is 2.29. The molecule has 0 fully saturated rings. The van der Waals surface area contributed by atoms with Crippen LogP contribution in [0.5, 0.6) is 0 Å². The van der Waals surface area contributed by atoms with Crippen molar-refractivity contribution in [1.29, 1.82) is 0 Å². The number of alkyl halides is 3. The first-order valence-electron chi connectivity index (χ1n) is 10.6. The number of aromatic nitrogens is 6. The first kappa shape index (κ1) is 23.1. The number of halogens is 3. The molecule has 0 spiro atoms. The number of fused-ring (bicyclic) bond motifs is 1. The normalized spacial score (nSPS) is 11.9. The number of hydrogen-bond acceptors (Lipinski definition) is 7. The van der Waals surface area contributed by atoms with Crippen LogP contribution in [0.4, 0.5) is 19.1 Å². The first-order chi connectivity index (χ1) is 17.1. The lowest BCUT2D eigenvalue weighted by Gasteiger charge is -2.14. The third-order valence-corrected chi connectivity index (χ3v) is 5.57. The molecule has 0 saturated heterocycles. The molecule has 0 radical (unpaired) electrons. The van der Waals surface area contributed by atoms with E-state index in [0.29, 0.717) is 21.6 Å². The zero-order valence-electron chi connectivity index (χ0n) is 18.7. The van der Waals surface area contributed by atoms with Crippen molar-refractivity contribution in [3.63, 3.8) is 0 Å². The quantitative estimate of drug-likeness (QED) is 0.396. The first-order valence-corrected chi connectivity index (χ1v) is 10.6. The van der Waals surface area contributed by atoms with E-state index >= 15 is 0 Å². The van der Waals surface area contributed by atoms with Gasteiger partial charge in [0.25, 0.3) is 5.56 Å². The lowest BCUT2D eigenvalue weighted by Crippen LogP contribution is -2.27. The molecule has 0 aliphatic heterocycles. The molecule has 0 saturated carbocycles. The summed E-state index contributed by atoms with van der Waals surface area (Å²) in [6.45, 7) is 0.170. The van der Waals surface area contributed by atoms with Crippen LogP contribution in [0.1, 0.15) is 11.5 Å². The van der Waals surface area contributed by atoms with Gasteiger partial charge in [-0.15, -0.1) is 5.10 Å². The van der Waals surface area contributed by atoms with Crippen LogP contribution < -0.4 is 17.0 Å². The molecule has 10 nitrogen and oxygen atoms in total. The Morgan fingerprint density at radius 2 is 1.81 bits per heavy atom. The van der Waals surface area contributed by atoms with Crippen molar-refractivity contribution in [2.75, 3.05) is 5.73 Å². The molecule has 0 bridgehead atoms. The number of benzene rings is 1. The Morgan fingerprint density at radius 1 is 1.06 bits per heavy atom. The second kappa shape index (κ2) is 8.52. The summed E-state index contributed by atoms with van der Waals surface area (Å²) in [5, 5.41) is 4.43. The molecule has 0 aliphatic carbocycles. The smallest absolute Gasteiger partial charge is 0.406 e. The largest absolute Gasteiger partial charge is 0.448 e. The average Bonchev–Trinajstić information content (AvgIpc) is 3.38. The molecule has 1 aromatic carbocycles. The Morgan fingerprint density at radius 3 is 2.47 bits per heavy atom. The van der Waals surface area contributed by atoms with Gasteiger partial charge in [0.05, 0.1) is 17.8 Å². The number of oxazole rings is 1. The van der Waals surface area contributed by atoms with Crippen LogP contribution in [0, 0.1) is 6.92 Å². The van der Waals surface area contributed by atoms with Crippen LogP contribution in [0.2, 0.25) is 0 Å². The van der Waals surface area contributed by atoms with Gasteiger partial charge in [0, 0.05) is 23.4 Å². The minimum Gasteiger partial charge on any atom is -0.448 e. The van der Waals surface area contributed by atoms with Gasteiger partial charge in [0.1, 0.15) is 18.0 Å². The third kappa shape index (κ3) is 4.15. The van der Waals surface area contributed by atoms with Crippen molar-refractivity contribution in [2.45, 2.75) is 26.2 Å². The van der Waals surface area contributed by atoms with E-state index in [-0.39, 0.29) is 35.0 Å². The summed E-state index contributed by atoms with van der Waals surface area (Å²) in [6.07, 6.45) is -2.31. The lowest BCUT2D eigenvalue weighted by molar-refractivity contribution is -0.141. The third-order valence-electron chi connectivity index (χ3n) is 5.57. The minimum atomic E-state index is -4.62. The maximum atomic E-state index is 13.2.